The number of halogens is 1. The van der Waals surface area contributed by atoms with E-state index < -0.39 is 5.97 Å². The van der Waals surface area contributed by atoms with E-state index in [0.29, 0.717) is 9.21 Å². The molecule has 0 spiro atoms. The molecule has 0 aliphatic carbocycles. The number of carbonyl (C=O) groups is 2. The van der Waals surface area contributed by atoms with Crippen molar-refractivity contribution in [1.82, 2.24) is 5.32 Å². The van der Waals surface area contributed by atoms with E-state index in [2.05, 4.69) is 5.32 Å². The third-order valence-corrected chi connectivity index (χ3v) is 4.89. The highest BCUT2D eigenvalue weighted by molar-refractivity contribution is 7.16. The predicted molar refractivity (Wildman–Crippen MR) is 76.5 cm³/mol. The Morgan fingerprint density at radius 1 is 1.21 bits per heavy atom. The first-order chi connectivity index (χ1) is 8.97. The smallest absolute Gasteiger partial charge is 0.345 e. The van der Waals surface area contributed by atoms with E-state index in [1.54, 1.807) is 6.07 Å². The second kappa shape index (κ2) is 5.73. The molecule has 7 heteroatoms. The zero-order chi connectivity index (χ0) is 14.0. The van der Waals surface area contributed by atoms with Gasteiger partial charge in [-0.3, -0.25) is 4.79 Å². The molecule has 0 saturated heterocycles. The van der Waals surface area contributed by atoms with Gasteiger partial charge in [-0.2, -0.15) is 0 Å². The summed E-state index contributed by atoms with van der Waals surface area (Å²) in [5.41, 5.74) is 0. The van der Waals surface area contributed by atoms with Crippen LogP contribution in [0.5, 0.6) is 0 Å². The second-order valence-corrected chi connectivity index (χ2v) is 6.64. The molecule has 2 heterocycles. The van der Waals surface area contributed by atoms with Crippen molar-refractivity contribution in [3.8, 4) is 0 Å². The Balaban J connectivity index is 2.06. The average Bonchev–Trinajstić information content (AvgIpc) is 2.96. The lowest BCUT2D eigenvalue weighted by Crippen LogP contribution is -2.25. The number of carboxylic acids is 1. The van der Waals surface area contributed by atoms with E-state index in [0.717, 1.165) is 16.2 Å². The van der Waals surface area contributed by atoms with E-state index in [-0.39, 0.29) is 16.8 Å². The van der Waals surface area contributed by atoms with Crippen molar-refractivity contribution in [2.45, 2.75) is 13.0 Å². The molecule has 1 amide bonds. The van der Waals surface area contributed by atoms with E-state index in [1.165, 1.54) is 23.5 Å². The van der Waals surface area contributed by atoms with E-state index in [1.807, 2.05) is 13.0 Å². The Morgan fingerprint density at radius 2 is 1.89 bits per heavy atom. The summed E-state index contributed by atoms with van der Waals surface area (Å²) in [5.74, 6) is -1.31. The Hall–Kier alpha value is -1.37. The number of rotatable bonds is 4. The molecule has 100 valence electrons. The lowest BCUT2D eigenvalue weighted by Gasteiger charge is -2.10. The normalized spacial score (nSPS) is 12.1. The van der Waals surface area contributed by atoms with Gasteiger partial charge in [0.2, 0.25) is 0 Å². The Kier molecular flexibility index (Phi) is 4.24. The van der Waals surface area contributed by atoms with Crippen LogP contribution < -0.4 is 5.32 Å². The van der Waals surface area contributed by atoms with Gasteiger partial charge in [-0.25, -0.2) is 4.79 Å². The minimum Gasteiger partial charge on any atom is -0.477 e. The van der Waals surface area contributed by atoms with Gasteiger partial charge in [0.15, 0.2) is 0 Å². The molecule has 1 unspecified atom stereocenters. The van der Waals surface area contributed by atoms with Gasteiger partial charge in [-0.1, -0.05) is 11.6 Å². The molecule has 19 heavy (non-hydrogen) atoms. The van der Waals surface area contributed by atoms with Crippen LogP contribution in [0.3, 0.4) is 0 Å². The summed E-state index contributed by atoms with van der Waals surface area (Å²) in [7, 11) is 0. The highest BCUT2D eigenvalue weighted by Gasteiger charge is 2.16. The molecule has 0 bridgehead atoms. The molecule has 4 nitrogen and oxygen atoms in total. The molecule has 0 saturated carbocycles. The van der Waals surface area contributed by atoms with Crippen molar-refractivity contribution >= 4 is 46.2 Å². The van der Waals surface area contributed by atoms with Gasteiger partial charge in [0.25, 0.3) is 5.91 Å². The minimum atomic E-state index is -1.03. The molecule has 2 aromatic rings. The standard InChI is InChI=1S/C12H10ClNO3S2/c1-6(7-4-5-10(13)19-7)14-11(15)8-2-3-9(18-8)12(16)17/h2-6H,1H3,(H,14,15)(H,16,17). The van der Waals surface area contributed by atoms with Gasteiger partial charge in [-0.15, -0.1) is 22.7 Å². The largest absolute Gasteiger partial charge is 0.477 e. The molecule has 1 atom stereocenters. The molecule has 0 aromatic carbocycles. The lowest BCUT2D eigenvalue weighted by molar-refractivity contribution is 0.0702. The molecule has 0 aliphatic rings. The fraction of sp³-hybridized carbons (Fsp3) is 0.167. The van der Waals surface area contributed by atoms with Crippen molar-refractivity contribution in [2.24, 2.45) is 0 Å². The summed E-state index contributed by atoms with van der Waals surface area (Å²) in [5, 5.41) is 11.6. The lowest BCUT2D eigenvalue weighted by atomic mass is 10.2. The summed E-state index contributed by atoms with van der Waals surface area (Å²) in [6.07, 6.45) is 0. The fourth-order valence-corrected chi connectivity index (χ4v) is 3.29. The van der Waals surface area contributed by atoms with Crippen LogP contribution >= 0.6 is 34.3 Å². The summed E-state index contributed by atoms with van der Waals surface area (Å²) >= 11 is 8.20. The Morgan fingerprint density at radius 3 is 2.42 bits per heavy atom. The highest BCUT2D eigenvalue weighted by Crippen LogP contribution is 2.27. The van der Waals surface area contributed by atoms with Crippen LogP contribution in [0.15, 0.2) is 24.3 Å². The third-order valence-electron chi connectivity index (χ3n) is 2.41. The van der Waals surface area contributed by atoms with Crippen LogP contribution in [-0.2, 0) is 0 Å². The van der Waals surface area contributed by atoms with E-state index in [9.17, 15) is 9.59 Å². The SMILES string of the molecule is CC(NC(=O)c1ccc(C(=O)O)s1)c1ccc(Cl)s1. The van der Waals surface area contributed by atoms with Crippen LogP contribution in [-0.4, -0.2) is 17.0 Å². The van der Waals surface area contributed by atoms with Crippen molar-refractivity contribution in [3.63, 3.8) is 0 Å². The fourth-order valence-electron chi connectivity index (χ4n) is 1.47. The van der Waals surface area contributed by atoms with Crippen molar-refractivity contribution in [2.75, 3.05) is 0 Å². The average molecular weight is 316 g/mol. The maximum absolute atomic E-state index is 11.9. The Bertz CT molecular complexity index is 620. The molecular formula is C12H10ClNO3S2. The number of carboxylic acid groups (broad SMARTS) is 1. The monoisotopic (exact) mass is 315 g/mol. The Labute approximate surface area is 122 Å². The summed E-state index contributed by atoms with van der Waals surface area (Å²) in [4.78, 5) is 24.2. The van der Waals surface area contributed by atoms with Crippen LogP contribution in [0.2, 0.25) is 4.34 Å². The molecule has 2 rings (SSSR count). The van der Waals surface area contributed by atoms with Crippen LogP contribution in [0.4, 0.5) is 0 Å². The quantitative estimate of drug-likeness (QED) is 0.905. The van der Waals surface area contributed by atoms with Crippen LogP contribution in [0.1, 0.15) is 37.2 Å². The number of thiophene rings is 2. The maximum atomic E-state index is 11.9. The zero-order valence-corrected chi connectivity index (χ0v) is 12.2. The van der Waals surface area contributed by atoms with Crippen molar-refractivity contribution in [1.29, 1.82) is 0 Å². The summed E-state index contributed by atoms with van der Waals surface area (Å²) in [6.45, 7) is 1.85. The number of hydrogen-bond donors (Lipinski definition) is 2. The summed E-state index contributed by atoms with van der Waals surface area (Å²) in [6, 6.07) is 6.40. The second-order valence-electron chi connectivity index (χ2n) is 3.81. The first kappa shape index (κ1) is 14.0. The predicted octanol–water partition coefficient (Wildman–Crippen LogP) is 3.65. The van der Waals surface area contributed by atoms with E-state index in [4.69, 9.17) is 16.7 Å². The molecular weight excluding hydrogens is 306 g/mol. The summed E-state index contributed by atoms with van der Waals surface area (Å²) < 4.78 is 0.667. The van der Waals surface area contributed by atoms with Gasteiger partial charge in [0.05, 0.1) is 15.3 Å². The molecule has 2 N–H and O–H groups in total. The molecule has 0 aliphatic heterocycles. The number of hydrogen-bond acceptors (Lipinski definition) is 4. The van der Waals surface area contributed by atoms with Gasteiger partial charge < -0.3 is 10.4 Å². The molecule has 2 aromatic heterocycles. The first-order valence-corrected chi connectivity index (χ1v) is 7.37. The highest BCUT2D eigenvalue weighted by atomic mass is 35.5. The molecule has 0 radical (unpaired) electrons. The van der Waals surface area contributed by atoms with E-state index >= 15 is 0 Å². The number of carbonyl (C=O) groups excluding carboxylic acids is 1. The van der Waals surface area contributed by atoms with Crippen LogP contribution in [0, 0.1) is 0 Å². The number of amides is 1. The minimum absolute atomic E-state index is 0.150. The van der Waals surface area contributed by atoms with Crippen LogP contribution in [0.25, 0.3) is 0 Å². The van der Waals surface area contributed by atoms with Gasteiger partial charge in [0.1, 0.15) is 4.88 Å². The first-order valence-electron chi connectivity index (χ1n) is 5.36. The van der Waals surface area contributed by atoms with Gasteiger partial charge in [-0.05, 0) is 31.2 Å². The van der Waals surface area contributed by atoms with Gasteiger partial charge >= 0.3 is 5.97 Å². The third kappa shape index (κ3) is 3.34. The van der Waals surface area contributed by atoms with Crippen molar-refractivity contribution in [3.05, 3.63) is 43.2 Å². The topological polar surface area (TPSA) is 66.4 Å². The zero-order valence-electron chi connectivity index (χ0n) is 9.84. The maximum Gasteiger partial charge on any atom is 0.345 e. The number of nitrogens with one attached hydrogen (secondary N) is 1. The van der Waals surface area contributed by atoms with Crippen molar-refractivity contribution < 1.29 is 14.7 Å². The number of aromatic carboxylic acids is 1. The van der Waals surface area contributed by atoms with Gasteiger partial charge in [0, 0.05) is 4.88 Å². The molecule has 0 fully saturated rings.